The third kappa shape index (κ3) is 3.93. The minimum absolute atomic E-state index is 0.0491. The Balaban J connectivity index is 2.21. The zero-order chi connectivity index (χ0) is 17.9. The van der Waals surface area contributed by atoms with E-state index >= 15 is 0 Å². The van der Waals surface area contributed by atoms with Crippen molar-refractivity contribution in [2.45, 2.75) is 44.6 Å². The van der Waals surface area contributed by atoms with Gasteiger partial charge < -0.3 is 10.2 Å². The lowest BCUT2D eigenvalue weighted by Crippen LogP contribution is -2.44. The summed E-state index contributed by atoms with van der Waals surface area (Å²) in [7, 11) is -3.82. The van der Waals surface area contributed by atoms with Crippen LogP contribution in [-0.4, -0.2) is 39.4 Å². The van der Waals surface area contributed by atoms with Gasteiger partial charge in [0.05, 0.1) is 10.9 Å². The second-order valence-corrected chi connectivity index (χ2v) is 7.52. The summed E-state index contributed by atoms with van der Waals surface area (Å²) in [5, 5.41) is 2.57. The molecule has 132 valence electrons. The quantitative estimate of drug-likeness (QED) is 0.795. The third-order valence-electron chi connectivity index (χ3n) is 3.91. The first-order chi connectivity index (χ1) is 11.3. The van der Waals surface area contributed by atoms with Crippen molar-refractivity contribution in [3.05, 3.63) is 23.8 Å². The van der Waals surface area contributed by atoms with Gasteiger partial charge in [-0.3, -0.25) is 9.59 Å². The number of anilines is 1. The van der Waals surface area contributed by atoms with Gasteiger partial charge in [-0.15, -0.1) is 0 Å². The van der Waals surface area contributed by atoms with Gasteiger partial charge in [-0.25, -0.2) is 8.42 Å². The van der Waals surface area contributed by atoms with Crippen molar-refractivity contribution >= 4 is 27.5 Å². The van der Waals surface area contributed by atoms with Crippen molar-refractivity contribution in [2.24, 2.45) is 0 Å². The number of benzene rings is 1. The summed E-state index contributed by atoms with van der Waals surface area (Å²) in [5.41, 5.74) is 1.23. The van der Waals surface area contributed by atoms with Crippen molar-refractivity contribution in [2.75, 3.05) is 18.0 Å². The lowest BCUT2D eigenvalue weighted by molar-refractivity contribution is -0.122. The number of hydrogen-bond acceptors (Lipinski definition) is 4. The average molecular weight is 353 g/mol. The number of aryl methyl sites for hydroxylation is 1. The molecule has 8 heteroatoms. The van der Waals surface area contributed by atoms with Crippen molar-refractivity contribution in [3.63, 3.8) is 0 Å². The van der Waals surface area contributed by atoms with Crippen LogP contribution in [0.25, 0.3) is 0 Å². The molecule has 1 aromatic rings. The smallest absolute Gasteiger partial charge is 0.241 e. The standard InChI is InChI=1S/C16H23N3O4S/c1-4-17-16(21)12(3)18-24(22,23)14-8-7-13(10-11(14)2)19-9-5-6-15(19)20/h7-8,10,12,18H,4-6,9H2,1-3H3,(H,17,21)/t12-/m0/s1. The van der Waals surface area contributed by atoms with Gasteiger partial charge >= 0.3 is 0 Å². The molecule has 7 nitrogen and oxygen atoms in total. The van der Waals surface area contributed by atoms with Gasteiger partial charge in [0.15, 0.2) is 0 Å². The van der Waals surface area contributed by atoms with Crippen molar-refractivity contribution in [1.29, 1.82) is 0 Å². The summed E-state index contributed by atoms with van der Waals surface area (Å²) in [6.45, 7) is 6.02. The summed E-state index contributed by atoms with van der Waals surface area (Å²) in [4.78, 5) is 25.3. The molecule has 24 heavy (non-hydrogen) atoms. The Labute approximate surface area is 142 Å². The number of sulfonamides is 1. The van der Waals surface area contributed by atoms with Crippen molar-refractivity contribution in [3.8, 4) is 0 Å². The molecule has 0 spiro atoms. The lowest BCUT2D eigenvalue weighted by Gasteiger charge is -2.19. The summed E-state index contributed by atoms with van der Waals surface area (Å²) in [6.07, 6.45) is 1.33. The van der Waals surface area contributed by atoms with Gasteiger partial charge in [-0.05, 0) is 51.0 Å². The molecule has 0 radical (unpaired) electrons. The summed E-state index contributed by atoms with van der Waals surface area (Å²) in [6, 6.07) is 3.92. The first kappa shape index (κ1) is 18.4. The van der Waals surface area contributed by atoms with Gasteiger partial charge in [-0.2, -0.15) is 4.72 Å². The minimum atomic E-state index is -3.82. The predicted molar refractivity (Wildman–Crippen MR) is 91.2 cm³/mol. The number of carbonyl (C=O) groups is 2. The van der Waals surface area contributed by atoms with Crippen LogP contribution in [-0.2, 0) is 19.6 Å². The zero-order valence-electron chi connectivity index (χ0n) is 14.1. The lowest BCUT2D eigenvalue weighted by atomic mass is 10.2. The molecule has 1 saturated heterocycles. The molecule has 0 bridgehead atoms. The second kappa shape index (κ2) is 7.31. The van der Waals surface area contributed by atoms with Crippen LogP contribution in [0, 0.1) is 6.92 Å². The molecule has 0 aliphatic carbocycles. The first-order valence-electron chi connectivity index (χ1n) is 7.97. The van der Waals surface area contributed by atoms with E-state index in [1.54, 1.807) is 30.9 Å². The van der Waals surface area contributed by atoms with E-state index in [0.29, 0.717) is 30.8 Å². The number of rotatable bonds is 6. The van der Waals surface area contributed by atoms with E-state index in [1.807, 2.05) is 0 Å². The van der Waals surface area contributed by atoms with E-state index in [2.05, 4.69) is 10.0 Å². The molecule has 1 heterocycles. The number of likely N-dealkylation sites (N-methyl/N-ethyl adjacent to an activating group) is 1. The highest BCUT2D eigenvalue weighted by atomic mass is 32.2. The van der Waals surface area contributed by atoms with Crippen molar-refractivity contribution < 1.29 is 18.0 Å². The SMILES string of the molecule is CCNC(=O)[C@H](C)NS(=O)(=O)c1ccc(N2CCCC2=O)cc1C. The Bertz CT molecular complexity index is 746. The van der Waals surface area contributed by atoms with Crippen LogP contribution >= 0.6 is 0 Å². The first-order valence-corrected chi connectivity index (χ1v) is 9.45. The maximum atomic E-state index is 12.5. The molecule has 1 aliphatic rings. The van der Waals surface area contributed by atoms with Crippen LogP contribution < -0.4 is 14.9 Å². The summed E-state index contributed by atoms with van der Waals surface area (Å²) >= 11 is 0. The summed E-state index contributed by atoms with van der Waals surface area (Å²) in [5.74, 6) is -0.328. The van der Waals surface area contributed by atoms with E-state index in [9.17, 15) is 18.0 Å². The van der Waals surface area contributed by atoms with Gasteiger partial charge in [0, 0.05) is 25.2 Å². The van der Waals surface area contributed by atoms with Crippen LogP contribution in [0.2, 0.25) is 0 Å². The Morgan fingerprint density at radius 3 is 2.62 bits per heavy atom. The molecule has 0 unspecified atom stereocenters. The molecule has 2 amide bonds. The molecule has 1 aliphatic heterocycles. The molecular weight excluding hydrogens is 330 g/mol. The largest absolute Gasteiger partial charge is 0.355 e. The van der Waals surface area contributed by atoms with Crippen LogP contribution in [0.4, 0.5) is 5.69 Å². The molecule has 2 N–H and O–H groups in total. The van der Waals surface area contributed by atoms with Gasteiger partial charge in [0.2, 0.25) is 21.8 Å². The van der Waals surface area contributed by atoms with Crippen LogP contribution in [0.5, 0.6) is 0 Å². The van der Waals surface area contributed by atoms with E-state index in [4.69, 9.17) is 0 Å². The van der Waals surface area contributed by atoms with Crippen molar-refractivity contribution in [1.82, 2.24) is 10.0 Å². The van der Waals surface area contributed by atoms with Gasteiger partial charge in [-0.1, -0.05) is 0 Å². The van der Waals surface area contributed by atoms with E-state index < -0.39 is 16.1 Å². The molecule has 2 rings (SSSR count). The Kier molecular flexibility index (Phi) is 5.61. The number of hydrogen-bond donors (Lipinski definition) is 2. The zero-order valence-corrected chi connectivity index (χ0v) is 14.9. The Hall–Kier alpha value is -1.93. The molecule has 1 fully saturated rings. The highest BCUT2D eigenvalue weighted by molar-refractivity contribution is 7.89. The fraction of sp³-hybridized carbons (Fsp3) is 0.500. The number of nitrogens with one attached hydrogen (secondary N) is 2. The van der Waals surface area contributed by atoms with Crippen LogP contribution in [0.15, 0.2) is 23.1 Å². The number of carbonyl (C=O) groups excluding carboxylic acids is 2. The van der Waals surface area contributed by atoms with Gasteiger partial charge in [0.25, 0.3) is 0 Å². The van der Waals surface area contributed by atoms with Crippen LogP contribution in [0.1, 0.15) is 32.3 Å². The minimum Gasteiger partial charge on any atom is -0.355 e. The fourth-order valence-electron chi connectivity index (χ4n) is 2.70. The third-order valence-corrected chi connectivity index (χ3v) is 5.61. The number of amides is 2. The Morgan fingerprint density at radius 2 is 2.08 bits per heavy atom. The van der Waals surface area contributed by atoms with E-state index in [0.717, 1.165) is 6.42 Å². The second-order valence-electron chi connectivity index (χ2n) is 5.84. The molecule has 1 atom stereocenters. The predicted octanol–water partition coefficient (Wildman–Crippen LogP) is 0.925. The average Bonchev–Trinajstić information content (AvgIpc) is 2.92. The molecule has 0 saturated carbocycles. The van der Waals surface area contributed by atoms with E-state index in [1.165, 1.54) is 13.0 Å². The highest BCUT2D eigenvalue weighted by Crippen LogP contribution is 2.26. The maximum absolute atomic E-state index is 12.5. The fourth-order valence-corrected chi connectivity index (χ4v) is 4.13. The number of nitrogens with zero attached hydrogens (tertiary/aromatic N) is 1. The molecule has 0 aromatic heterocycles. The molecule has 1 aromatic carbocycles. The van der Waals surface area contributed by atoms with E-state index in [-0.39, 0.29) is 16.7 Å². The van der Waals surface area contributed by atoms with Crippen LogP contribution in [0.3, 0.4) is 0 Å². The monoisotopic (exact) mass is 353 g/mol. The van der Waals surface area contributed by atoms with Gasteiger partial charge in [0.1, 0.15) is 0 Å². The normalized spacial score (nSPS) is 16.3. The Morgan fingerprint density at radius 1 is 1.38 bits per heavy atom. The topological polar surface area (TPSA) is 95.6 Å². The molecular formula is C16H23N3O4S. The maximum Gasteiger partial charge on any atom is 0.241 e. The highest BCUT2D eigenvalue weighted by Gasteiger charge is 2.25. The summed E-state index contributed by atoms with van der Waals surface area (Å²) < 4.78 is 27.4.